The van der Waals surface area contributed by atoms with E-state index in [9.17, 15) is 167 Å². The van der Waals surface area contributed by atoms with Crippen LogP contribution in [-0.2, 0) is 13.3 Å². The average molecular weight is 1000 g/mol. The number of halogens is 38. The van der Waals surface area contributed by atoms with Gasteiger partial charge in [-0.3, -0.25) is 8.85 Å². The van der Waals surface area contributed by atoms with Crippen molar-refractivity contribution in [2.45, 2.75) is 102 Å². The number of hydrogen-bond donors (Lipinski definition) is 0. The lowest BCUT2D eigenvalue weighted by molar-refractivity contribution is -0.475. The van der Waals surface area contributed by atoms with Crippen LogP contribution in [0, 0.1) is 0 Å². The minimum absolute atomic E-state index is 0.791. The molecule has 0 aliphatic heterocycles. The summed E-state index contributed by atoms with van der Waals surface area (Å²) >= 11 is 0. The van der Waals surface area contributed by atoms with Crippen LogP contribution in [0.2, 0.25) is 0 Å². The molecule has 0 saturated heterocycles. The topological polar surface area (TPSA) is 27.7 Å². The highest BCUT2D eigenvalue weighted by atomic mass is 28.4. The minimum atomic E-state index is -12.0. The summed E-state index contributed by atoms with van der Waals surface area (Å²) in [6.45, 7) is 0. The van der Waals surface area contributed by atoms with Gasteiger partial charge < -0.3 is 4.43 Å². The lowest BCUT2D eigenvalue weighted by atomic mass is 9.91. The van der Waals surface area contributed by atoms with E-state index in [1.807, 2.05) is 0 Å². The zero-order chi connectivity index (χ0) is 49.1. The molecule has 356 valence electrons. The Labute approximate surface area is 292 Å². The van der Waals surface area contributed by atoms with Crippen LogP contribution in [0.4, 0.5) is 167 Å². The normalized spacial score (nSPS) is 17.2. The Bertz CT molecular complexity index is 1470. The highest BCUT2D eigenvalue weighted by molar-refractivity contribution is 6.64. The first kappa shape index (κ1) is 56.4. The van der Waals surface area contributed by atoms with Gasteiger partial charge in [0.1, 0.15) is 0 Å². The van der Waals surface area contributed by atoms with Crippen LogP contribution in [-0.4, -0.2) is 111 Å². The predicted molar refractivity (Wildman–Crippen MR) is 97.5 cm³/mol. The van der Waals surface area contributed by atoms with Crippen molar-refractivity contribution >= 4 is 8.80 Å². The van der Waals surface area contributed by atoms with E-state index in [2.05, 4.69) is 0 Å². The van der Waals surface area contributed by atoms with Crippen molar-refractivity contribution in [3.63, 3.8) is 0 Å². The van der Waals surface area contributed by atoms with Crippen LogP contribution in [0.15, 0.2) is 0 Å². The van der Waals surface area contributed by atoms with Gasteiger partial charge in [0.05, 0.1) is 0 Å². The Balaban J connectivity index is 8.52. The minimum Gasteiger partial charge on any atom is -0.304 e. The Kier molecular flexibility index (Phi) is 13.4. The Hall–Kier alpha value is -2.56. The van der Waals surface area contributed by atoms with Gasteiger partial charge in [-0.1, -0.05) is 0 Å². The summed E-state index contributed by atoms with van der Waals surface area (Å²) in [5, 5.41) is 0. The zero-order valence-corrected chi connectivity index (χ0v) is 25.6. The van der Waals surface area contributed by atoms with Gasteiger partial charge in [-0.15, -0.1) is 26.3 Å². The van der Waals surface area contributed by atoms with E-state index in [1.54, 1.807) is 0 Å². The van der Waals surface area contributed by atoms with E-state index in [0.29, 0.717) is 0 Å². The summed E-state index contributed by atoms with van der Waals surface area (Å²) in [4.78, 5) is 0. The SMILES string of the molecule is FC(F)(F)O[Si](OC(F)(F)F)(OC(F)(F)C(F)(F)C(F)(F)C(F)(F)C(F)(F)C(F)(F)C(F)(F)F)C(F)(F)C(F)(F)C(F)(F)C(F)(F)C(F)(F)C(F)(F)C(F)(F)C(F)(F)F. The van der Waals surface area contributed by atoms with E-state index in [4.69, 9.17) is 0 Å². The van der Waals surface area contributed by atoms with Crippen LogP contribution in [0.25, 0.3) is 0 Å². The first-order chi connectivity index (χ1) is 24.6. The fraction of sp³-hybridized carbons (Fsp3) is 1.00. The van der Waals surface area contributed by atoms with Crippen molar-refractivity contribution in [1.29, 1.82) is 0 Å². The molecule has 3 nitrogen and oxygen atoms in total. The van der Waals surface area contributed by atoms with Crippen molar-refractivity contribution < 1.29 is 180 Å². The summed E-state index contributed by atoms with van der Waals surface area (Å²) in [6, 6.07) is 0. The van der Waals surface area contributed by atoms with Crippen LogP contribution in [0.5, 0.6) is 0 Å². The van der Waals surface area contributed by atoms with Crippen LogP contribution in [0.1, 0.15) is 0 Å². The molecule has 0 saturated carbocycles. The summed E-state index contributed by atoms with van der Waals surface area (Å²) in [7, 11) is -12.0. The highest BCUT2D eigenvalue weighted by Crippen LogP contribution is 2.67. The summed E-state index contributed by atoms with van der Waals surface area (Å²) in [5.41, 5.74) is -10.2. The van der Waals surface area contributed by atoms with Crippen LogP contribution < -0.4 is 0 Å². The van der Waals surface area contributed by atoms with Crippen molar-refractivity contribution in [2.24, 2.45) is 0 Å². The van der Waals surface area contributed by atoms with Gasteiger partial charge in [-0.2, -0.15) is 140 Å². The van der Waals surface area contributed by atoms with Gasteiger partial charge >= 0.3 is 111 Å². The van der Waals surface area contributed by atoms with E-state index >= 15 is 0 Å². The molecule has 0 spiro atoms. The van der Waals surface area contributed by atoms with Crippen LogP contribution in [0.3, 0.4) is 0 Å². The molecule has 0 heterocycles. The van der Waals surface area contributed by atoms with Gasteiger partial charge in [-0.05, 0) is 0 Å². The van der Waals surface area contributed by atoms with Gasteiger partial charge in [0.15, 0.2) is 0 Å². The fourth-order valence-corrected chi connectivity index (χ4v) is 5.23. The second-order valence-electron chi connectivity index (χ2n) is 10.2. The molecule has 0 unspecified atom stereocenters. The first-order valence-corrected chi connectivity index (χ1v) is 13.6. The van der Waals surface area contributed by atoms with Gasteiger partial charge in [0, 0.05) is 0 Å². The van der Waals surface area contributed by atoms with Crippen molar-refractivity contribution in [2.75, 3.05) is 0 Å². The maximum absolute atomic E-state index is 14.7. The predicted octanol–water partition coefficient (Wildman–Crippen LogP) is 11.9. The van der Waals surface area contributed by atoms with Gasteiger partial charge in [-0.25, -0.2) is 0 Å². The molecule has 0 rings (SSSR count). The number of rotatable bonds is 16. The highest BCUT2D eigenvalue weighted by Gasteiger charge is 3.00. The monoisotopic (exact) mass is 1000 g/mol. The maximum Gasteiger partial charge on any atom is 0.599 e. The molecule has 0 amide bonds. The molecule has 0 aromatic heterocycles. The summed E-state index contributed by atoms with van der Waals surface area (Å²) in [6.07, 6.45) is -43.9. The van der Waals surface area contributed by atoms with E-state index < -0.39 is 111 Å². The molecule has 0 bridgehead atoms. The Morgan fingerprint density at radius 1 is 0.203 bits per heavy atom. The molecule has 0 atom stereocenters. The third kappa shape index (κ3) is 7.91. The molecule has 0 aliphatic carbocycles. The molecule has 0 aliphatic rings. The Morgan fingerprint density at radius 2 is 0.390 bits per heavy atom. The molecule has 0 aromatic carbocycles. The molecular formula is C17F38O3Si. The third-order valence-corrected chi connectivity index (χ3v) is 8.78. The lowest BCUT2D eigenvalue weighted by Crippen LogP contribution is -2.81. The fourth-order valence-electron chi connectivity index (χ4n) is 3.10. The van der Waals surface area contributed by atoms with Crippen LogP contribution >= 0.6 is 0 Å². The molecule has 0 radical (unpaired) electrons. The van der Waals surface area contributed by atoms with E-state index in [-0.39, 0.29) is 0 Å². The lowest BCUT2D eigenvalue weighted by Gasteiger charge is -2.46. The molecular weight excluding hydrogens is 1000 g/mol. The first-order valence-electron chi connectivity index (χ1n) is 11.9. The second-order valence-corrected chi connectivity index (χ2v) is 12.5. The standard InChI is InChI=1S/C17F38O3Si/c18-1(19,4(24,25)8(32,33)12(40,41)42)2(20,21)7(30,31)11(38,39)15(48,49)59(57-16(50,51)52,58-17(53,54)55)56-14(46,47)10(36,37)6(28,29)3(22,23)5(26,27)9(34,35)13(43,44)45. The average Bonchev–Trinajstić information content (AvgIpc) is 2.92. The molecule has 42 heteroatoms. The largest absolute Gasteiger partial charge is 0.599 e. The Morgan fingerprint density at radius 3 is 0.593 bits per heavy atom. The van der Waals surface area contributed by atoms with Gasteiger partial charge in [0.25, 0.3) is 0 Å². The molecule has 0 N–H and O–H groups in total. The molecule has 0 fully saturated rings. The van der Waals surface area contributed by atoms with E-state index in [1.165, 1.54) is 0 Å². The third-order valence-electron chi connectivity index (χ3n) is 6.17. The second kappa shape index (κ2) is 14.0. The van der Waals surface area contributed by atoms with Gasteiger partial charge in [0.2, 0.25) is 0 Å². The summed E-state index contributed by atoms with van der Waals surface area (Å²) < 4.78 is 510. The number of alkyl halides is 38. The maximum atomic E-state index is 14.7. The molecule has 59 heavy (non-hydrogen) atoms. The number of hydrogen-bond acceptors (Lipinski definition) is 3. The van der Waals surface area contributed by atoms with E-state index in [0.717, 1.165) is 13.3 Å². The van der Waals surface area contributed by atoms with Crippen molar-refractivity contribution in [3.05, 3.63) is 0 Å². The summed E-state index contributed by atoms with van der Waals surface area (Å²) in [5.74, 6) is -108. The van der Waals surface area contributed by atoms with Crippen molar-refractivity contribution in [3.8, 4) is 0 Å². The zero-order valence-electron chi connectivity index (χ0n) is 24.6. The quantitative estimate of drug-likeness (QED) is 0.114. The van der Waals surface area contributed by atoms with Crippen molar-refractivity contribution in [1.82, 2.24) is 0 Å². The molecule has 0 aromatic rings. The smallest absolute Gasteiger partial charge is 0.304 e.